The number of β-lactam (4-membered cyclic amide) rings is 1. The van der Waals surface area contributed by atoms with Gasteiger partial charge in [-0.15, -0.1) is 0 Å². The highest BCUT2D eigenvalue weighted by Crippen LogP contribution is 2.44. The monoisotopic (exact) mass is 725 g/mol. The lowest BCUT2D eigenvalue weighted by molar-refractivity contribution is -0.300. The standard InChI is InChI=1S/C36H36FNO12S/c1-18-14-21(20-6-5-9-24(15-20)49-36-31(43)29(41)30(42)32(50-36)35(45)46)16-25(39)27(18)28-33(34(44)38(28)23-7-3-2-4-8-23)51(47,48)17-26(40)19-10-12-22(37)13-11-19/h2-8,10-13,15-16,18,24,28-33,36,39,41-43H,9,14,17H2,1H3,(H,45,46)/t18?,24?,28-,29?,30+,31?,32?,33-,36-/m1/s1. The number of benzene rings is 2. The van der Waals surface area contributed by atoms with Crippen LogP contribution in [0.1, 0.15) is 30.1 Å². The van der Waals surface area contributed by atoms with E-state index in [-0.39, 0.29) is 29.7 Å². The summed E-state index contributed by atoms with van der Waals surface area (Å²) in [5, 5.41) is 49.8. The van der Waals surface area contributed by atoms with Crippen molar-refractivity contribution in [3.8, 4) is 0 Å². The average molecular weight is 726 g/mol. The molecule has 5 unspecified atom stereocenters. The topological polar surface area (TPSA) is 208 Å². The zero-order valence-corrected chi connectivity index (χ0v) is 28.0. The number of carbonyl (C=O) groups is 3. The van der Waals surface area contributed by atoms with Gasteiger partial charge in [0.05, 0.1) is 12.1 Å². The number of carbonyl (C=O) groups excluding carboxylic acids is 2. The number of aliphatic hydroxyl groups excluding tert-OH is 4. The van der Waals surface area contributed by atoms with Crippen LogP contribution in [-0.2, 0) is 28.9 Å². The zero-order valence-electron chi connectivity index (χ0n) is 27.2. The van der Waals surface area contributed by atoms with Crippen LogP contribution in [0.3, 0.4) is 0 Å². The van der Waals surface area contributed by atoms with Gasteiger partial charge in [0.2, 0.25) is 5.91 Å². The lowest BCUT2D eigenvalue weighted by Gasteiger charge is -2.49. The van der Waals surface area contributed by atoms with Crippen LogP contribution in [0.4, 0.5) is 10.1 Å². The Morgan fingerprint density at radius 1 is 1.02 bits per heavy atom. The Morgan fingerprint density at radius 3 is 2.35 bits per heavy atom. The first-order valence-electron chi connectivity index (χ1n) is 16.2. The number of amides is 1. The van der Waals surface area contributed by atoms with E-state index in [1.165, 1.54) is 23.1 Å². The Bertz CT molecular complexity index is 1940. The molecule has 2 heterocycles. The van der Waals surface area contributed by atoms with E-state index in [0.717, 1.165) is 12.1 Å². The second kappa shape index (κ2) is 14.3. The summed E-state index contributed by atoms with van der Waals surface area (Å²) in [4.78, 5) is 39.4. The van der Waals surface area contributed by atoms with Crippen LogP contribution >= 0.6 is 0 Å². The zero-order chi connectivity index (χ0) is 36.8. The van der Waals surface area contributed by atoms with Gasteiger partial charge in [0.1, 0.15) is 35.6 Å². The fraction of sp³-hybridized carbons (Fsp3) is 0.361. The molecule has 2 aliphatic carbocycles. The summed E-state index contributed by atoms with van der Waals surface area (Å²) in [5.74, 6) is -5.48. The Labute approximate surface area is 292 Å². The fourth-order valence-electron chi connectivity index (χ4n) is 6.93. The quantitative estimate of drug-likeness (QED) is 0.176. The van der Waals surface area contributed by atoms with Crippen molar-refractivity contribution in [1.29, 1.82) is 0 Å². The summed E-state index contributed by atoms with van der Waals surface area (Å²) in [7, 11) is -4.44. The van der Waals surface area contributed by atoms with Gasteiger partial charge in [-0.25, -0.2) is 17.6 Å². The fourth-order valence-corrected chi connectivity index (χ4v) is 8.72. The van der Waals surface area contributed by atoms with E-state index >= 15 is 0 Å². The highest BCUT2D eigenvalue weighted by atomic mass is 32.2. The van der Waals surface area contributed by atoms with Crippen LogP contribution in [0.2, 0.25) is 0 Å². The molecule has 2 aromatic rings. The third-order valence-electron chi connectivity index (χ3n) is 9.47. The number of aliphatic hydroxyl groups is 4. The Kier molecular flexibility index (Phi) is 10.1. The highest BCUT2D eigenvalue weighted by molar-refractivity contribution is 7.93. The minimum Gasteiger partial charge on any atom is -0.508 e. The molecule has 9 atom stereocenters. The first kappa shape index (κ1) is 36.3. The van der Waals surface area contributed by atoms with Crippen molar-refractivity contribution in [3.63, 3.8) is 0 Å². The maximum Gasteiger partial charge on any atom is 0.335 e. The maximum atomic E-state index is 13.8. The number of nitrogens with zero attached hydrogens (tertiary/aromatic N) is 1. The van der Waals surface area contributed by atoms with Crippen molar-refractivity contribution in [3.05, 3.63) is 113 Å². The van der Waals surface area contributed by atoms with Gasteiger partial charge in [-0.3, -0.25) is 9.59 Å². The molecule has 270 valence electrons. The largest absolute Gasteiger partial charge is 0.508 e. The second-order valence-electron chi connectivity index (χ2n) is 12.9. The van der Waals surface area contributed by atoms with Crippen LogP contribution in [0.5, 0.6) is 0 Å². The van der Waals surface area contributed by atoms with E-state index in [0.29, 0.717) is 16.8 Å². The Morgan fingerprint density at radius 2 is 1.71 bits per heavy atom. The summed E-state index contributed by atoms with van der Waals surface area (Å²) < 4.78 is 52.0. The average Bonchev–Trinajstić information content (AvgIpc) is 3.08. The lowest BCUT2D eigenvalue weighted by atomic mass is 9.76. The highest BCUT2D eigenvalue weighted by Gasteiger charge is 2.58. The number of sulfone groups is 1. The number of halogens is 1. The van der Waals surface area contributed by atoms with Crippen LogP contribution in [0.25, 0.3) is 0 Å². The third-order valence-corrected chi connectivity index (χ3v) is 11.4. The number of anilines is 1. The van der Waals surface area contributed by atoms with E-state index in [1.807, 2.05) is 0 Å². The molecule has 2 fully saturated rings. The van der Waals surface area contributed by atoms with Crippen LogP contribution in [0.15, 0.2) is 101 Å². The molecule has 2 aliphatic heterocycles. The first-order chi connectivity index (χ1) is 24.2. The Hall–Kier alpha value is -4.51. The van der Waals surface area contributed by atoms with Crippen molar-refractivity contribution in [2.45, 2.75) is 67.9 Å². The van der Waals surface area contributed by atoms with Crippen molar-refractivity contribution in [2.24, 2.45) is 5.92 Å². The molecular formula is C36H36FNO12S. The van der Waals surface area contributed by atoms with E-state index in [4.69, 9.17) is 9.47 Å². The van der Waals surface area contributed by atoms with Gasteiger partial charge in [0.25, 0.3) is 0 Å². The molecule has 0 aromatic heterocycles. The predicted octanol–water partition coefficient (Wildman–Crippen LogP) is 2.15. The molecule has 15 heteroatoms. The number of allylic oxidation sites excluding steroid dienone is 4. The molecule has 2 saturated heterocycles. The van der Waals surface area contributed by atoms with Gasteiger partial charge in [0, 0.05) is 11.3 Å². The summed E-state index contributed by atoms with van der Waals surface area (Å²) in [6, 6.07) is 11.6. The van der Waals surface area contributed by atoms with Gasteiger partial charge in [-0.05, 0) is 84.0 Å². The minimum atomic E-state index is -4.44. The summed E-state index contributed by atoms with van der Waals surface area (Å²) in [5.41, 5.74) is 1.88. The molecule has 6 rings (SSSR count). The number of aliphatic carboxylic acids is 1. The SMILES string of the molecule is CC1CC(C2=CC(O[C@@H]3OC(C(=O)O)[C@@H](O)C(O)C3O)CC=C2)=CC(O)=C1[C@@H]1[C@@H](S(=O)(=O)CC(=O)c2ccc(F)cc2)C(=O)N1c1ccccc1. The van der Waals surface area contributed by atoms with Crippen molar-refractivity contribution < 1.29 is 62.2 Å². The van der Waals surface area contributed by atoms with Crippen LogP contribution in [-0.4, -0.2) is 105 Å². The number of carboxylic acid groups (broad SMARTS) is 1. The molecule has 4 aliphatic rings. The summed E-state index contributed by atoms with van der Waals surface area (Å²) in [6.45, 7) is 1.77. The van der Waals surface area contributed by atoms with E-state index in [9.17, 15) is 52.7 Å². The number of ether oxygens (including phenoxy) is 2. The number of carboxylic acids is 1. The number of rotatable bonds is 10. The number of para-hydroxylation sites is 1. The number of Topliss-reactive ketones (excluding diaryl/α,β-unsaturated/α-hetero) is 1. The van der Waals surface area contributed by atoms with Gasteiger partial charge < -0.3 is 39.9 Å². The summed E-state index contributed by atoms with van der Waals surface area (Å²) >= 11 is 0. The van der Waals surface area contributed by atoms with Crippen molar-refractivity contribution in [1.82, 2.24) is 0 Å². The molecule has 1 amide bonds. The normalized spacial score (nSPS) is 31.1. The van der Waals surface area contributed by atoms with E-state index in [2.05, 4.69) is 0 Å². The van der Waals surface area contributed by atoms with Crippen molar-refractivity contribution in [2.75, 3.05) is 10.7 Å². The molecule has 51 heavy (non-hydrogen) atoms. The predicted molar refractivity (Wildman–Crippen MR) is 179 cm³/mol. The Balaban J connectivity index is 1.28. The van der Waals surface area contributed by atoms with Crippen molar-refractivity contribution >= 4 is 33.2 Å². The molecule has 13 nitrogen and oxygen atoms in total. The molecule has 2 aromatic carbocycles. The number of ketones is 1. The van der Waals surface area contributed by atoms with Gasteiger partial charge in [0.15, 0.2) is 33.3 Å². The van der Waals surface area contributed by atoms with Gasteiger partial charge >= 0.3 is 5.97 Å². The smallest absolute Gasteiger partial charge is 0.335 e. The second-order valence-corrected chi connectivity index (χ2v) is 15.1. The van der Waals surface area contributed by atoms with E-state index in [1.54, 1.807) is 55.5 Å². The molecule has 0 bridgehead atoms. The maximum absolute atomic E-state index is 13.8. The molecule has 5 N–H and O–H groups in total. The van der Waals surface area contributed by atoms with Gasteiger partial charge in [-0.2, -0.15) is 0 Å². The number of hydrogen-bond donors (Lipinski definition) is 5. The minimum absolute atomic E-state index is 0.0278. The molecule has 0 saturated carbocycles. The summed E-state index contributed by atoms with van der Waals surface area (Å²) in [6.07, 6.45) is -2.42. The third kappa shape index (κ3) is 7.05. The molecule has 0 radical (unpaired) electrons. The first-order valence-corrected chi connectivity index (χ1v) is 17.9. The molecular weight excluding hydrogens is 689 g/mol. The lowest BCUT2D eigenvalue weighted by Crippen LogP contribution is -2.69. The van der Waals surface area contributed by atoms with E-state index < -0.39 is 93.1 Å². The van der Waals surface area contributed by atoms with Gasteiger partial charge in [-0.1, -0.05) is 37.3 Å². The van der Waals surface area contributed by atoms with Crippen LogP contribution in [0, 0.1) is 11.7 Å². The number of hydrogen-bond acceptors (Lipinski definition) is 11. The molecule has 0 spiro atoms. The van der Waals surface area contributed by atoms with Crippen LogP contribution < -0.4 is 4.90 Å².